The Balaban J connectivity index is 1.54. The second kappa shape index (κ2) is 6.61. The van der Waals surface area contributed by atoms with Crippen molar-refractivity contribution in [3.8, 4) is 11.4 Å². The molecule has 0 radical (unpaired) electrons. The number of benzene rings is 2. The Morgan fingerprint density at radius 3 is 2.56 bits per heavy atom. The van der Waals surface area contributed by atoms with Crippen molar-refractivity contribution in [3.05, 3.63) is 71.6 Å². The molecule has 2 saturated heterocycles. The van der Waals surface area contributed by atoms with Gasteiger partial charge in [0.2, 0.25) is 11.7 Å². The normalized spacial score (nSPS) is 27.8. The van der Waals surface area contributed by atoms with E-state index in [2.05, 4.69) is 48.3 Å². The first kappa shape index (κ1) is 16.7. The summed E-state index contributed by atoms with van der Waals surface area (Å²) in [7, 11) is 2.26. The first-order valence-electron chi connectivity index (χ1n) is 9.88. The van der Waals surface area contributed by atoms with Crippen molar-refractivity contribution in [3.63, 3.8) is 0 Å². The van der Waals surface area contributed by atoms with Crippen LogP contribution in [-0.4, -0.2) is 34.2 Å². The summed E-state index contributed by atoms with van der Waals surface area (Å²) in [5.41, 5.74) is 3.71. The van der Waals surface area contributed by atoms with Crippen molar-refractivity contribution in [2.45, 2.75) is 50.1 Å². The highest BCUT2D eigenvalue weighted by atomic mass is 16.5. The Kier molecular flexibility index (Phi) is 4.09. The zero-order valence-corrected chi connectivity index (χ0v) is 15.9. The fourth-order valence-electron chi connectivity index (χ4n) is 5.03. The van der Waals surface area contributed by atoms with Crippen LogP contribution in [-0.2, 0) is 0 Å². The fourth-order valence-corrected chi connectivity index (χ4v) is 5.03. The van der Waals surface area contributed by atoms with Crippen molar-refractivity contribution in [1.29, 1.82) is 0 Å². The molecule has 2 aromatic carbocycles. The molecule has 4 nitrogen and oxygen atoms in total. The van der Waals surface area contributed by atoms with E-state index < -0.39 is 0 Å². The number of aryl methyl sites for hydroxylation is 1. The van der Waals surface area contributed by atoms with E-state index in [1.807, 2.05) is 30.3 Å². The van der Waals surface area contributed by atoms with Gasteiger partial charge in [-0.3, -0.25) is 4.90 Å². The summed E-state index contributed by atoms with van der Waals surface area (Å²) in [6.45, 7) is 2.14. The van der Waals surface area contributed by atoms with Gasteiger partial charge in [-0.2, -0.15) is 4.98 Å². The lowest BCUT2D eigenvalue weighted by molar-refractivity contribution is 0.120. The van der Waals surface area contributed by atoms with Crippen LogP contribution < -0.4 is 0 Å². The van der Waals surface area contributed by atoms with Crippen LogP contribution in [0.4, 0.5) is 0 Å². The highest BCUT2D eigenvalue weighted by molar-refractivity contribution is 5.53. The molecule has 3 aromatic rings. The molecule has 27 heavy (non-hydrogen) atoms. The van der Waals surface area contributed by atoms with E-state index in [1.54, 1.807) is 0 Å². The quantitative estimate of drug-likeness (QED) is 0.675. The Bertz CT molecular complexity index is 918. The molecule has 3 heterocycles. The molecule has 0 N–H and O–H groups in total. The van der Waals surface area contributed by atoms with E-state index in [0.29, 0.717) is 23.8 Å². The highest BCUT2D eigenvalue weighted by Gasteiger charge is 2.48. The molecule has 2 bridgehead atoms. The van der Waals surface area contributed by atoms with Gasteiger partial charge in [0, 0.05) is 17.6 Å². The van der Waals surface area contributed by atoms with Gasteiger partial charge in [0.05, 0.1) is 5.92 Å². The molecule has 0 saturated carbocycles. The van der Waals surface area contributed by atoms with Gasteiger partial charge in [-0.1, -0.05) is 65.3 Å². The van der Waals surface area contributed by atoms with Crippen molar-refractivity contribution < 1.29 is 4.52 Å². The summed E-state index contributed by atoms with van der Waals surface area (Å²) in [6.07, 6.45) is 3.63. The fraction of sp³-hybridized carbons (Fsp3) is 0.391. The first-order valence-corrected chi connectivity index (χ1v) is 9.88. The van der Waals surface area contributed by atoms with Gasteiger partial charge in [0.15, 0.2) is 0 Å². The summed E-state index contributed by atoms with van der Waals surface area (Å²) in [5, 5.41) is 4.31. The Morgan fingerprint density at radius 1 is 1.00 bits per heavy atom. The topological polar surface area (TPSA) is 42.2 Å². The molecule has 2 aliphatic heterocycles. The third-order valence-electron chi connectivity index (χ3n) is 6.53. The van der Waals surface area contributed by atoms with E-state index in [-0.39, 0.29) is 5.92 Å². The zero-order chi connectivity index (χ0) is 18.4. The lowest BCUT2D eigenvalue weighted by Gasteiger charge is -2.41. The van der Waals surface area contributed by atoms with Gasteiger partial charge >= 0.3 is 0 Å². The van der Waals surface area contributed by atoms with Gasteiger partial charge in [0.25, 0.3) is 0 Å². The molecule has 4 heteroatoms. The van der Waals surface area contributed by atoms with E-state index >= 15 is 0 Å². The lowest BCUT2D eigenvalue weighted by atomic mass is 9.76. The molecule has 0 amide bonds. The smallest absolute Gasteiger partial charge is 0.232 e. The number of hydrogen-bond acceptors (Lipinski definition) is 4. The predicted molar refractivity (Wildman–Crippen MR) is 106 cm³/mol. The summed E-state index contributed by atoms with van der Waals surface area (Å²) < 4.78 is 5.85. The van der Waals surface area contributed by atoms with Gasteiger partial charge in [-0.15, -0.1) is 0 Å². The number of nitrogens with zero attached hydrogens (tertiary/aromatic N) is 3. The second-order valence-corrected chi connectivity index (χ2v) is 8.06. The maximum absolute atomic E-state index is 5.85. The molecular weight excluding hydrogens is 334 g/mol. The number of piperidine rings is 1. The molecular formula is C23H25N3O. The van der Waals surface area contributed by atoms with Crippen molar-refractivity contribution in [2.75, 3.05) is 7.05 Å². The summed E-state index contributed by atoms with van der Waals surface area (Å²) in [4.78, 5) is 7.39. The van der Waals surface area contributed by atoms with Crippen molar-refractivity contribution in [1.82, 2.24) is 15.0 Å². The zero-order valence-electron chi connectivity index (χ0n) is 15.9. The monoisotopic (exact) mass is 359 g/mol. The number of aromatic nitrogens is 2. The van der Waals surface area contributed by atoms with Crippen LogP contribution in [0.25, 0.3) is 11.4 Å². The highest BCUT2D eigenvalue weighted by Crippen LogP contribution is 2.50. The number of rotatable bonds is 3. The summed E-state index contributed by atoms with van der Waals surface area (Å²) in [5.74, 6) is 2.16. The average molecular weight is 359 g/mol. The maximum Gasteiger partial charge on any atom is 0.232 e. The van der Waals surface area contributed by atoms with Crippen LogP contribution in [0, 0.1) is 6.92 Å². The number of hydrogen-bond donors (Lipinski definition) is 0. The Morgan fingerprint density at radius 2 is 1.78 bits per heavy atom. The molecule has 5 rings (SSSR count). The van der Waals surface area contributed by atoms with E-state index in [0.717, 1.165) is 17.9 Å². The summed E-state index contributed by atoms with van der Waals surface area (Å²) >= 11 is 0. The first-order chi connectivity index (χ1) is 13.2. The third kappa shape index (κ3) is 2.88. The molecule has 3 unspecified atom stereocenters. The molecule has 1 aromatic heterocycles. The van der Waals surface area contributed by atoms with Crippen molar-refractivity contribution in [2.24, 2.45) is 0 Å². The van der Waals surface area contributed by atoms with Crippen molar-refractivity contribution >= 4 is 0 Å². The number of likely N-dealkylation sites (N-methyl/N-ethyl adjacent to an activating group) is 1. The van der Waals surface area contributed by atoms with Gasteiger partial charge in [-0.05, 0) is 44.7 Å². The Hall–Kier alpha value is -2.46. The summed E-state index contributed by atoms with van der Waals surface area (Å²) in [6, 6.07) is 20.2. The standard InChI is InChI=1S/C23H25N3O/c1-15-8-10-16(11-9-15)19-14-18-12-13-20(26(18)2)21(19)23-24-22(25-27-23)17-6-4-3-5-7-17/h3-11,18-21H,12-14H2,1-2H3/t18?,19?,20?,21-/m1/s1. The minimum Gasteiger partial charge on any atom is -0.339 e. The van der Waals surface area contributed by atoms with Crippen LogP contribution in [0.2, 0.25) is 0 Å². The van der Waals surface area contributed by atoms with Crippen LogP contribution in [0.15, 0.2) is 59.1 Å². The third-order valence-corrected chi connectivity index (χ3v) is 6.53. The minimum atomic E-state index is 0.251. The molecule has 2 aliphatic rings. The molecule has 2 fully saturated rings. The number of fused-ring (bicyclic) bond motifs is 2. The Labute approximate surface area is 160 Å². The minimum absolute atomic E-state index is 0.251. The van der Waals surface area contributed by atoms with Gasteiger partial charge in [-0.25, -0.2) is 0 Å². The average Bonchev–Trinajstić information content (AvgIpc) is 3.26. The van der Waals surface area contributed by atoms with Crippen LogP contribution in [0.3, 0.4) is 0 Å². The SMILES string of the molecule is Cc1ccc(C2CC3CCC([C@@H]2c2nc(-c4ccccc4)no2)N3C)cc1. The molecule has 4 atom stereocenters. The van der Waals surface area contributed by atoms with E-state index in [1.165, 1.54) is 24.0 Å². The predicted octanol–water partition coefficient (Wildman–Crippen LogP) is 4.78. The largest absolute Gasteiger partial charge is 0.339 e. The van der Waals surface area contributed by atoms with Gasteiger partial charge < -0.3 is 4.52 Å². The van der Waals surface area contributed by atoms with Crippen LogP contribution >= 0.6 is 0 Å². The van der Waals surface area contributed by atoms with E-state index in [4.69, 9.17) is 9.51 Å². The van der Waals surface area contributed by atoms with Crippen LogP contribution in [0.5, 0.6) is 0 Å². The second-order valence-electron chi connectivity index (χ2n) is 8.06. The molecule has 138 valence electrons. The van der Waals surface area contributed by atoms with Crippen LogP contribution in [0.1, 0.15) is 48.1 Å². The van der Waals surface area contributed by atoms with Gasteiger partial charge in [0.1, 0.15) is 0 Å². The maximum atomic E-state index is 5.85. The van der Waals surface area contributed by atoms with E-state index in [9.17, 15) is 0 Å². The lowest BCUT2D eigenvalue weighted by Crippen LogP contribution is -2.44. The molecule has 0 spiro atoms. The molecule has 0 aliphatic carbocycles.